The second-order valence-corrected chi connectivity index (χ2v) is 8.73. The summed E-state index contributed by atoms with van der Waals surface area (Å²) in [6, 6.07) is 11.6. The first-order valence-electron chi connectivity index (χ1n) is 12.0. The van der Waals surface area contributed by atoms with E-state index in [1.165, 1.54) is 18.7 Å². The Morgan fingerprint density at radius 1 is 0.974 bits per heavy atom. The van der Waals surface area contributed by atoms with Gasteiger partial charge in [0.15, 0.2) is 17.0 Å². The quantitative estimate of drug-likeness (QED) is 0.312. The fourth-order valence-corrected chi connectivity index (χ4v) is 4.21. The summed E-state index contributed by atoms with van der Waals surface area (Å²) >= 11 is 0. The minimum atomic E-state index is -2.74. The van der Waals surface area contributed by atoms with Crippen molar-refractivity contribution < 1.29 is 13.5 Å². The number of fused-ring (bicyclic) bond motifs is 1. The first-order valence-corrected chi connectivity index (χ1v) is 12.0. The normalized spacial score (nSPS) is 13.9. The maximum atomic E-state index is 13.1. The number of morpholine rings is 1. The lowest BCUT2D eigenvalue weighted by atomic mass is 10.1. The number of halogens is 2. The molecule has 38 heavy (non-hydrogen) atoms. The van der Waals surface area contributed by atoms with Crippen molar-refractivity contribution in [3.63, 3.8) is 0 Å². The number of rotatable bonds is 7. The lowest BCUT2D eigenvalue weighted by Crippen LogP contribution is -2.37. The van der Waals surface area contributed by atoms with E-state index in [2.05, 4.69) is 20.4 Å². The molecule has 1 saturated heterocycles. The number of aromatic nitrogens is 7. The molecule has 11 nitrogen and oxygen atoms in total. The highest BCUT2D eigenvalue weighted by Crippen LogP contribution is 2.26. The van der Waals surface area contributed by atoms with Crippen molar-refractivity contribution in [3.8, 4) is 16.8 Å². The van der Waals surface area contributed by atoms with E-state index in [1.54, 1.807) is 4.57 Å². The molecule has 0 unspecified atom stereocenters. The standard InChI is InChI=1S/C25H24F2N10O/c26-24(27)37-14-20(13-32-37)36-15-31-21-22(33-25(34-23(21)36)35-7-9-38-10-8-35)30-12-19-6-3-17(11-29-19)16-1-4-18(28)5-2-16/h1-6,11,13-15,24H,7-10,12,28H2,(H,30,33,34). The number of nitrogens with one attached hydrogen (secondary N) is 1. The van der Waals surface area contributed by atoms with Gasteiger partial charge in [0.25, 0.3) is 0 Å². The third-order valence-electron chi connectivity index (χ3n) is 6.25. The Labute approximate surface area is 215 Å². The van der Waals surface area contributed by atoms with Crippen molar-refractivity contribution in [2.75, 3.05) is 42.3 Å². The average molecular weight is 519 g/mol. The first kappa shape index (κ1) is 23.7. The maximum absolute atomic E-state index is 13.1. The number of benzene rings is 1. The molecular weight excluding hydrogens is 494 g/mol. The van der Waals surface area contributed by atoms with Gasteiger partial charge in [0.05, 0.1) is 43.5 Å². The van der Waals surface area contributed by atoms with Crippen LogP contribution in [-0.4, -0.2) is 60.6 Å². The average Bonchev–Trinajstić information content (AvgIpc) is 3.61. The van der Waals surface area contributed by atoms with Crippen LogP contribution in [-0.2, 0) is 11.3 Å². The smallest absolute Gasteiger partial charge is 0.333 e. The Hall–Kier alpha value is -4.65. The predicted molar refractivity (Wildman–Crippen MR) is 138 cm³/mol. The van der Waals surface area contributed by atoms with Crippen LogP contribution in [0, 0.1) is 0 Å². The van der Waals surface area contributed by atoms with E-state index in [1.807, 2.05) is 47.5 Å². The van der Waals surface area contributed by atoms with Gasteiger partial charge in [0.2, 0.25) is 5.95 Å². The van der Waals surface area contributed by atoms with Crippen molar-refractivity contribution in [1.82, 2.24) is 34.3 Å². The molecular formula is C25H24F2N10O. The summed E-state index contributed by atoms with van der Waals surface area (Å²) in [5, 5.41) is 7.07. The number of imidazole rings is 1. The largest absolute Gasteiger partial charge is 0.399 e. The molecule has 5 heterocycles. The molecule has 1 aromatic carbocycles. The van der Waals surface area contributed by atoms with Gasteiger partial charge in [-0.3, -0.25) is 9.55 Å². The molecule has 6 rings (SSSR count). The van der Waals surface area contributed by atoms with Crippen molar-refractivity contribution >= 4 is 28.6 Å². The zero-order valence-corrected chi connectivity index (χ0v) is 20.2. The molecule has 1 aliphatic heterocycles. The second-order valence-electron chi connectivity index (χ2n) is 8.73. The summed E-state index contributed by atoms with van der Waals surface area (Å²) in [7, 11) is 0. The number of nitrogens with zero attached hydrogens (tertiary/aromatic N) is 8. The highest BCUT2D eigenvalue weighted by molar-refractivity contribution is 5.85. The van der Waals surface area contributed by atoms with Gasteiger partial charge in [-0.1, -0.05) is 18.2 Å². The van der Waals surface area contributed by atoms with Gasteiger partial charge in [-0.05, 0) is 23.8 Å². The zero-order chi connectivity index (χ0) is 26.1. The van der Waals surface area contributed by atoms with Crippen LogP contribution < -0.4 is 16.0 Å². The minimum absolute atomic E-state index is 0.396. The molecule has 0 radical (unpaired) electrons. The van der Waals surface area contributed by atoms with Crippen LogP contribution in [0.5, 0.6) is 0 Å². The number of nitrogen functional groups attached to an aromatic ring is 1. The second kappa shape index (κ2) is 10.0. The molecule has 4 aromatic heterocycles. The van der Waals surface area contributed by atoms with Crippen LogP contribution in [0.15, 0.2) is 61.3 Å². The van der Waals surface area contributed by atoms with E-state index in [9.17, 15) is 8.78 Å². The van der Waals surface area contributed by atoms with Gasteiger partial charge in [0.1, 0.15) is 6.33 Å². The van der Waals surface area contributed by atoms with Gasteiger partial charge < -0.3 is 20.7 Å². The van der Waals surface area contributed by atoms with E-state index >= 15 is 0 Å². The van der Waals surface area contributed by atoms with Crippen molar-refractivity contribution in [1.29, 1.82) is 0 Å². The lowest BCUT2D eigenvalue weighted by Gasteiger charge is -2.27. The molecule has 1 fully saturated rings. The summed E-state index contributed by atoms with van der Waals surface area (Å²) in [6.07, 6.45) is 5.94. The molecule has 5 aromatic rings. The Kier molecular flexibility index (Phi) is 6.25. The molecule has 0 aliphatic carbocycles. The first-order chi connectivity index (χ1) is 18.5. The molecule has 0 spiro atoms. The van der Waals surface area contributed by atoms with E-state index in [0.717, 1.165) is 16.8 Å². The summed E-state index contributed by atoms with van der Waals surface area (Å²) in [4.78, 5) is 20.6. The van der Waals surface area contributed by atoms with Crippen molar-refractivity contribution in [3.05, 3.63) is 67.0 Å². The SMILES string of the molecule is Nc1ccc(-c2ccc(CNc3nc(N4CCOCC4)nc4c3ncn4-c3cnn(C(F)F)c3)nc2)cc1. The molecule has 0 saturated carbocycles. The van der Waals surface area contributed by atoms with E-state index < -0.39 is 6.55 Å². The molecule has 3 N–H and O–H groups in total. The summed E-state index contributed by atoms with van der Waals surface area (Å²) < 4.78 is 33.9. The van der Waals surface area contributed by atoms with E-state index in [-0.39, 0.29) is 0 Å². The predicted octanol–water partition coefficient (Wildman–Crippen LogP) is 3.50. The van der Waals surface area contributed by atoms with Crippen LogP contribution in [0.2, 0.25) is 0 Å². The Balaban J connectivity index is 1.30. The van der Waals surface area contributed by atoms with E-state index in [4.69, 9.17) is 20.4 Å². The third kappa shape index (κ3) is 4.70. The fourth-order valence-electron chi connectivity index (χ4n) is 4.21. The number of hydrogen-bond donors (Lipinski definition) is 2. The molecule has 0 amide bonds. The van der Waals surface area contributed by atoms with Crippen molar-refractivity contribution in [2.45, 2.75) is 13.1 Å². The topological polar surface area (TPSA) is 125 Å². The highest BCUT2D eigenvalue weighted by Gasteiger charge is 2.21. The zero-order valence-electron chi connectivity index (χ0n) is 20.2. The Morgan fingerprint density at radius 3 is 2.47 bits per heavy atom. The molecule has 13 heteroatoms. The van der Waals surface area contributed by atoms with Gasteiger partial charge >= 0.3 is 6.55 Å². The van der Waals surface area contributed by atoms with Crippen LogP contribution in [0.25, 0.3) is 28.0 Å². The molecule has 0 atom stereocenters. The van der Waals surface area contributed by atoms with Gasteiger partial charge in [-0.25, -0.2) is 9.67 Å². The third-order valence-corrected chi connectivity index (χ3v) is 6.25. The number of hydrogen-bond acceptors (Lipinski definition) is 9. The molecule has 194 valence electrons. The van der Waals surface area contributed by atoms with Gasteiger partial charge in [-0.15, -0.1) is 0 Å². The number of alkyl halides is 2. The summed E-state index contributed by atoms with van der Waals surface area (Å²) in [5.41, 5.74) is 10.7. The van der Waals surface area contributed by atoms with Gasteiger partial charge in [-0.2, -0.15) is 23.8 Å². The number of ether oxygens (including phenoxy) is 1. The summed E-state index contributed by atoms with van der Waals surface area (Å²) in [5.74, 6) is 1.01. The fraction of sp³-hybridized carbons (Fsp3) is 0.240. The number of anilines is 3. The minimum Gasteiger partial charge on any atom is -0.399 e. The number of nitrogens with two attached hydrogens (primary N) is 1. The number of pyridine rings is 1. The Morgan fingerprint density at radius 2 is 1.76 bits per heavy atom. The summed E-state index contributed by atoms with van der Waals surface area (Å²) in [6.45, 7) is 0.0529. The van der Waals surface area contributed by atoms with Crippen LogP contribution in [0.4, 0.5) is 26.2 Å². The van der Waals surface area contributed by atoms with Gasteiger partial charge in [0, 0.05) is 30.5 Å². The van der Waals surface area contributed by atoms with Crippen LogP contribution in [0.1, 0.15) is 12.2 Å². The Bertz CT molecular complexity index is 1540. The van der Waals surface area contributed by atoms with Crippen LogP contribution >= 0.6 is 0 Å². The van der Waals surface area contributed by atoms with Crippen molar-refractivity contribution in [2.24, 2.45) is 0 Å². The maximum Gasteiger partial charge on any atom is 0.333 e. The van der Waals surface area contributed by atoms with Crippen LogP contribution in [0.3, 0.4) is 0 Å². The lowest BCUT2D eigenvalue weighted by molar-refractivity contribution is 0.0566. The molecule has 0 bridgehead atoms. The highest BCUT2D eigenvalue weighted by atomic mass is 19.3. The van der Waals surface area contributed by atoms with E-state index in [0.29, 0.717) is 71.8 Å². The monoisotopic (exact) mass is 518 g/mol. The molecule has 1 aliphatic rings.